The third kappa shape index (κ3) is 4.71. The number of esters is 2. The fourth-order valence-corrected chi connectivity index (χ4v) is 1.18. The van der Waals surface area contributed by atoms with Gasteiger partial charge in [-0.2, -0.15) is 0 Å². The van der Waals surface area contributed by atoms with Gasteiger partial charge in [-0.15, -0.1) is 0 Å². The lowest BCUT2D eigenvalue weighted by Gasteiger charge is -2.20. The lowest BCUT2D eigenvalue weighted by atomic mass is 10.2. The highest BCUT2D eigenvalue weighted by molar-refractivity contribution is 6.04. The predicted octanol–water partition coefficient (Wildman–Crippen LogP) is -0.644. The van der Waals surface area contributed by atoms with Crippen molar-refractivity contribution in [3.8, 4) is 0 Å². The van der Waals surface area contributed by atoms with Crippen LogP contribution in [0.25, 0.3) is 0 Å². The summed E-state index contributed by atoms with van der Waals surface area (Å²) in [5.41, 5.74) is 0. The van der Waals surface area contributed by atoms with Gasteiger partial charge in [-0.05, 0) is 6.08 Å². The van der Waals surface area contributed by atoms with Crippen molar-refractivity contribution < 1.29 is 23.9 Å². The highest BCUT2D eigenvalue weighted by atomic mass is 16.6. The van der Waals surface area contributed by atoms with Crippen molar-refractivity contribution in [1.82, 2.24) is 5.32 Å². The average molecular weight is 239 g/mol. The number of cyclic esters (lactones) is 2. The summed E-state index contributed by atoms with van der Waals surface area (Å²) in [6.07, 6.45) is 3.17. The third-order valence-electron chi connectivity index (χ3n) is 2.00. The van der Waals surface area contributed by atoms with E-state index in [0.29, 0.717) is 13.2 Å². The molecule has 1 atom stereocenters. The van der Waals surface area contributed by atoms with Gasteiger partial charge in [0, 0.05) is 25.2 Å². The lowest BCUT2D eigenvalue weighted by Crippen LogP contribution is -2.42. The molecule has 2 heterocycles. The minimum absolute atomic E-state index is 0.0350. The van der Waals surface area contributed by atoms with Crippen molar-refractivity contribution in [3.63, 3.8) is 0 Å². The van der Waals surface area contributed by atoms with Gasteiger partial charge in [0.15, 0.2) is 5.78 Å². The van der Waals surface area contributed by atoms with Gasteiger partial charge >= 0.3 is 11.9 Å². The molecule has 0 aromatic carbocycles. The summed E-state index contributed by atoms with van der Waals surface area (Å²) in [6, 6.07) is 0. The largest absolute Gasteiger partial charge is 0.387 e. The molecule has 0 amide bonds. The topological polar surface area (TPSA) is 81.7 Å². The first-order valence-electron chi connectivity index (χ1n) is 5.06. The minimum atomic E-state index is -0.579. The summed E-state index contributed by atoms with van der Waals surface area (Å²) >= 11 is 0. The second-order valence-electron chi connectivity index (χ2n) is 3.24. The quantitative estimate of drug-likeness (QED) is 0.392. The summed E-state index contributed by atoms with van der Waals surface area (Å²) in [7, 11) is 0. The van der Waals surface area contributed by atoms with Gasteiger partial charge in [0.2, 0.25) is 0 Å². The van der Waals surface area contributed by atoms with Crippen LogP contribution in [0.5, 0.6) is 0 Å². The first-order chi connectivity index (χ1) is 8.13. The standard InChI is InChI=1S/C7H11NO2.C4H2O3/c1-2-6(9)7-5-8-3-4-10-7;5-3-1-2-4(6)7-3/h2,7-8H,1,3-5H2;1-2H. The molecule has 2 aliphatic heterocycles. The Bertz CT molecular complexity index is 339. The van der Waals surface area contributed by atoms with Gasteiger partial charge in [-0.1, -0.05) is 6.58 Å². The fraction of sp³-hybridized carbons (Fsp3) is 0.364. The zero-order chi connectivity index (χ0) is 12.7. The number of carbonyl (C=O) groups excluding carboxylic acids is 3. The van der Waals surface area contributed by atoms with E-state index in [1.807, 2.05) is 0 Å². The van der Waals surface area contributed by atoms with E-state index in [1.165, 1.54) is 6.08 Å². The smallest absolute Gasteiger partial charge is 0.338 e. The molecule has 1 unspecified atom stereocenters. The Labute approximate surface area is 98.3 Å². The minimum Gasteiger partial charge on any atom is -0.387 e. The first-order valence-corrected chi connectivity index (χ1v) is 5.06. The fourth-order valence-electron chi connectivity index (χ4n) is 1.18. The molecule has 0 saturated carbocycles. The summed E-state index contributed by atoms with van der Waals surface area (Å²) < 4.78 is 9.12. The monoisotopic (exact) mass is 239 g/mol. The van der Waals surface area contributed by atoms with Crippen molar-refractivity contribution in [2.75, 3.05) is 19.7 Å². The van der Waals surface area contributed by atoms with Gasteiger partial charge < -0.3 is 14.8 Å². The van der Waals surface area contributed by atoms with Gasteiger partial charge in [-0.25, -0.2) is 9.59 Å². The molecule has 2 aliphatic rings. The van der Waals surface area contributed by atoms with E-state index in [4.69, 9.17) is 4.74 Å². The zero-order valence-corrected chi connectivity index (χ0v) is 9.18. The molecule has 6 nitrogen and oxygen atoms in total. The van der Waals surface area contributed by atoms with Crippen LogP contribution in [0.2, 0.25) is 0 Å². The van der Waals surface area contributed by atoms with Crippen LogP contribution < -0.4 is 5.32 Å². The SMILES string of the molecule is C=CC(=O)C1CNCCO1.O=C1C=CC(=O)O1. The van der Waals surface area contributed by atoms with Crippen LogP contribution in [0, 0.1) is 0 Å². The number of nitrogens with one attached hydrogen (secondary N) is 1. The summed E-state index contributed by atoms with van der Waals surface area (Å²) in [6.45, 7) is 5.44. The van der Waals surface area contributed by atoms with Crippen LogP contribution in [0.1, 0.15) is 0 Å². The van der Waals surface area contributed by atoms with Gasteiger partial charge in [0.25, 0.3) is 0 Å². The van der Waals surface area contributed by atoms with Crippen LogP contribution in [-0.2, 0) is 23.9 Å². The summed E-state index contributed by atoms with van der Waals surface area (Å²) in [4.78, 5) is 30.7. The Morgan fingerprint density at radius 1 is 1.41 bits per heavy atom. The zero-order valence-electron chi connectivity index (χ0n) is 9.18. The van der Waals surface area contributed by atoms with E-state index in [0.717, 1.165) is 18.7 Å². The maximum absolute atomic E-state index is 10.9. The second kappa shape index (κ2) is 6.72. The molecule has 0 aromatic heterocycles. The molecule has 0 spiro atoms. The Morgan fingerprint density at radius 2 is 2.06 bits per heavy atom. The van der Waals surface area contributed by atoms with E-state index in [2.05, 4.69) is 16.6 Å². The molecule has 1 N–H and O–H groups in total. The predicted molar refractivity (Wildman–Crippen MR) is 58.1 cm³/mol. The van der Waals surface area contributed by atoms with Crippen molar-refractivity contribution in [1.29, 1.82) is 0 Å². The highest BCUT2D eigenvalue weighted by Crippen LogP contribution is 1.97. The number of morpholine rings is 1. The van der Waals surface area contributed by atoms with Crippen LogP contribution >= 0.6 is 0 Å². The van der Waals surface area contributed by atoms with Crippen LogP contribution in [-0.4, -0.2) is 43.5 Å². The van der Waals surface area contributed by atoms with Gasteiger partial charge in [0.05, 0.1) is 6.61 Å². The second-order valence-corrected chi connectivity index (χ2v) is 3.24. The molecule has 2 rings (SSSR count). The number of carbonyl (C=O) groups is 3. The number of hydrogen-bond donors (Lipinski definition) is 1. The maximum atomic E-state index is 10.9. The van der Waals surface area contributed by atoms with Gasteiger partial charge in [-0.3, -0.25) is 4.79 Å². The number of hydrogen-bond acceptors (Lipinski definition) is 6. The number of ketones is 1. The number of rotatable bonds is 2. The van der Waals surface area contributed by atoms with E-state index >= 15 is 0 Å². The molecule has 0 aromatic rings. The van der Waals surface area contributed by atoms with Crippen LogP contribution in [0.15, 0.2) is 24.8 Å². The Hall–Kier alpha value is -1.79. The van der Waals surface area contributed by atoms with Crippen LogP contribution in [0.4, 0.5) is 0 Å². The van der Waals surface area contributed by atoms with E-state index in [-0.39, 0.29) is 11.9 Å². The van der Waals surface area contributed by atoms with Crippen LogP contribution in [0.3, 0.4) is 0 Å². The van der Waals surface area contributed by atoms with Gasteiger partial charge in [0.1, 0.15) is 6.10 Å². The molecule has 1 saturated heterocycles. The Balaban J connectivity index is 0.000000181. The molecule has 0 radical (unpaired) electrons. The third-order valence-corrected chi connectivity index (χ3v) is 2.00. The van der Waals surface area contributed by atoms with E-state index < -0.39 is 11.9 Å². The molecule has 17 heavy (non-hydrogen) atoms. The van der Waals surface area contributed by atoms with E-state index in [9.17, 15) is 14.4 Å². The maximum Gasteiger partial charge on any atom is 0.338 e. The molecular formula is C11H13NO5. The molecule has 0 aliphatic carbocycles. The lowest BCUT2D eigenvalue weighted by molar-refractivity contribution is -0.150. The summed E-state index contributed by atoms with van der Waals surface area (Å²) in [5, 5.41) is 3.06. The summed E-state index contributed by atoms with van der Waals surface area (Å²) in [5.74, 6) is -1.19. The van der Waals surface area contributed by atoms with E-state index in [1.54, 1.807) is 0 Å². The first kappa shape index (κ1) is 13.3. The normalized spacial score (nSPS) is 22.5. The van der Waals surface area contributed by atoms with Crippen molar-refractivity contribution in [3.05, 3.63) is 24.8 Å². The Morgan fingerprint density at radius 3 is 2.41 bits per heavy atom. The average Bonchev–Trinajstić information content (AvgIpc) is 2.74. The number of ether oxygens (including phenoxy) is 2. The molecule has 0 bridgehead atoms. The molecule has 6 heteroatoms. The Kier molecular flexibility index (Phi) is 5.25. The molecular weight excluding hydrogens is 226 g/mol. The van der Waals surface area contributed by atoms with Crippen molar-refractivity contribution >= 4 is 17.7 Å². The molecule has 92 valence electrons. The van der Waals surface area contributed by atoms with Crippen molar-refractivity contribution in [2.45, 2.75) is 6.10 Å². The highest BCUT2D eigenvalue weighted by Gasteiger charge is 2.18. The van der Waals surface area contributed by atoms with Crippen molar-refractivity contribution in [2.24, 2.45) is 0 Å². The molecule has 1 fully saturated rings.